The van der Waals surface area contributed by atoms with Crippen LogP contribution in [0.3, 0.4) is 0 Å². The molecule has 1 heterocycles. The maximum absolute atomic E-state index is 6.21. The third-order valence-corrected chi connectivity index (χ3v) is 5.81. The molecule has 3 unspecified atom stereocenters. The lowest BCUT2D eigenvalue weighted by atomic mass is 9.91. The van der Waals surface area contributed by atoms with E-state index in [1.54, 1.807) is 0 Å². The minimum Gasteiger partial charge on any atom is -0.378 e. The molecule has 2 nitrogen and oxygen atoms in total. The highest BCUT2D eigenvalue weighted by Gasteiger charge is 2.67. The number of halogens is 2. The summed E-state index contributed by atoms with van der Waals surface area (Å²) in [4.78, 5) is 0. The van der Waals surface area contributed by atoms with Crippen molar-refractivity contribution in [3.8, 4) is 0 Å². The number of nitrogens with one attached hydrogen (secondary N) is 1. The van der Waals surface area contributed by atoms with E-state index in [-0.39, 0.29) is 5.41 Å². The van der Waals surface area contributed by atoms with Gasteiger partial charge < -0.3 is 10.1 Å². The first-order chi connectivity index (χ1) is 9.59. The van der Waals surface area contributed by atoms with Crippen molar-refractivity contribution >= 4 is 23.2 Å². The lowest BCUT2D eigenvalue weighted by Gasteiger charge is -2.24. The zero-order valence-corrected chi connectivity index (χ0v) is 13.5. The second-order valence-corrected chi connectivity index (χ2v) is 6.88. The molecule has 0 spiro atoms. The minimum absolute atomic E-state index is 0.142. The van der Waals surface area contributed by atoms with Crippen molar-refractivity contribution in [2.75, 3.05) is 19.7 Å². The highest BCUT2D eigenvalue weighted by molar-refractivity contribution is 6.42. The Labute approximate surface area is 130 Å². The number of hydrogen-bond donors (Lipinski definition) is 1. The summed E-state index contributed by atoms with van der Waals surface area (Å²) in [7, 11) is 0. The van der Waals surface area contributed by atoms with Crippen LogP contribution in [0.5, 0.6) is 0 Å². The van der Waals surface area contributed by atoms with E-state index < -0.39 is 0 Å². The van der Waals surface area contributed by atoms with E-state index in [9.17, 15) is 0 Å². The van der Waals surface area contributed by atoms with Crippen LogP contribution in [0.4, 0.5) is 0 Å². The molecule has 1 aliphatic carbocycles. The number of ether oxygens (including phenoxy) is 1. The predicted molar refractivity (Wildman–Crippen MR) is 83.7 cm³/mol. The molecular weight excluding hydrogens is 293 g/mol. The van der Waals surface area contributed by atoms with Crippen molar-refractivity contribution in [3.05, 3.63) is 33.8 Å². The fourth-order valence-corrected chi connectivity index (χ4v) is 3.85. The van der Waals surface area contributed by atoms with Gasteiger partial charge in [0.15, 0.2) is 0 Å². The van der Waals surface area contributed by atoms with E-state index in [0.29, 0.717) is 28.0 Å². The monoisotopic (exact) mass is 313 g/mol. The first kappa shape index (κ1) is 14.6. The molecule has 4 atom stereocenters. The Morgan fingerprint density at radius 1 is 1.30 bits per heavy atom. The largest absolute Gasteiger partial charge is 0.378 e. The van der Waals surface area contributed by atoms with Crippen LogP contribution in [0.15, 0.2) is 18.2 Å². The Morgan fingerprint density at radius 3 is 2.60 bits per heavy atom. The van der Waals surface area contributed by atoms with Crippen molar-refractivity contribution in [1.82, 2.24) is 5.32 Å². The third-order valence-electron chi connectivity index (χ3n) is 5.07. The average Bonchev–Trinajstić information content (AvgIpc) is 2.82. The van der Waals surface area contributed by atoms with E-state index in [1.807, 2.05) is 12.1 Å². The zero-order chi connectivity index (χ0) is 14.3. The Hall–Kier alpha value is -0.280. The molecule has 1 aromatic carbocycles. The van der Waals surface area contributed by atoms with Crippen LogP contribution in [-0.2, 0) is 10.2 Å². The van der Waals surface area contributed by atoms with Crippen molar-refractivity contribution < 1.29 is 4.74 Å². The van der Waals surface area contributed by atoms with E-state index >= 15 is 0 Å². The molecule has 2 fully saturated rings. The summed E-state index contributed by atoms with van der Waals surface area (Å²) in [6.07, 6.45) is 1.36. The molecule has 1 saturated heterocycles. The van der Waals surface area contributed by atoms with Crippen molar-refractivity contribution in [2.45, 2.75) is 31.8 Å². The van der Waals surface area contributed by atoms with Crippen LogP contribution in [0, 0.1) is 11.8 Å². The first-order valence-electron chi connectivity index (χ1n) is 7.37. The van der Waals surface area contributed by atoms with Gasteiger partial charge in [-0.05, 0) is 56.0 Å². The van der Waals surface area contributed by atoms with E-state index in [1.165, 1.54) is 5.56 Å². The number of hydrogen-bond acceptors (Lipinski definition) is 2. The van der Waals surface area contributed by atoms with Gasteiger partial charge in [0.1, 0.15) is 0 Å². The maximum Gasteiger partial charge on any atom is 0.0595 e. The van der Waals surface area contributed by atoms with E-state index in [4.69, 9.17) is 27.9 Å². The highest BCUT2D eigenvalue weighted by atomic mass is 35.5. The van der Waals surface area contributed by atoms with Gasteiger partial charge in [-0.15, -0.1) is 0 Å². The zero-order valence-electron chi connectivity index (χ0n) is 12.0. The number of fused-ring (bicyclic) bond motifs is 1. The van der Waals surface area contributed by atoms with Crippen LogP contribution in [-0.4, -0.2) is 25.8 Å². The van der Waals surface area contributed by atoms with Gasteiger partial charge in [-0.1, -0.05) is 36.2 Å². The van der Waals surface area contributed by atoms with Crippen LogP contribution in [0.1, 0.15) is 25.8 Å². The van der Waals surface area contributed by atoms with Crippen LogP contribution in [0.2, 0.25) is 10.0 Å². The molecule has 1 aromatic rings. The van der Waals surface area contributed by atoms with Crippen molar-refractivity contribution in [2.24, 2.45) is 11.8 Å². The molecular formula is C16H21Cl2NO. The van der Waals surface area contributed by atoms with Gasteiger partial charge in [0, 0.05) is 5.41 Å². The molecule has 0 aromatic heterocycles. The summed E-state index contributed by atoms with van der Waals surface area (Å²) in [5.41, 5.74) is 1.43. The molecule has 2 aliphatic rings. The standard InChI is InChI=1S/C16H21Cl2NO/c1-3-10(2)20-9-16(12-7-19-8-13(12)16)11-4-5-14(17)15(18)6-11/h4-6,10,12-13,19H,3,7-9H2,1-2H3/t10?,12-,13?,16?/m0/s1. The molecule has 110 valence electrons. The molecule has 1 saturated carbocycles. The molecule has 0 bridgehead atoms. The van der Waals surface area contributed by atoms with Crippen LogP contribution in [0.25, 0.3) is 0 Å². The summed E-state index contributed by atoms with van der Waals surface area (Å²) in [5, 5.41) is 4.73. The third kappa shape index (κ3) is 2.27. The topological polar surface area (TPSA) is 21.3 Å². The summed E-state index contributed by atoms with van der Waals surface area (Å²) in [5.74, 6) is 1.34. The Morgan fingerprint density at radius 2 is 2.00 bits per heavy atom. The van der Waals surface area contributed by atoms with Crippen LogP contribution >= 0.6 is 23.2 Å². The van der Waals surface area contributed by atoms with Crippen molar-refractivity contribution in [3.63, 3.8) is 0 Å². The summed E-state index contributed by atoms with van der Waals surface area (Å²) in [6, 6.07) is 6.06. The molecule has 0 radical (unpaired) electrons. The average molecular weight is 314 g/mol. The molecule has 1 aliphatic heterocycles. The number of piperidine rings is 1. The Balaban J connectivity index is 1.85. The summed E-state index contributed by atoms with van der Waals surface area (Å²) in [6.45, 7) is 7.24. The second kappa shape index (κ2) is 5.49. The van der Waals surface area contributed by atoms with Gasteiger partial charge in [0.2, 0.25) is 0 Å². The smallest absolute Gasteiger partial charge is 0.0595 e. The fourth-order valence-electron chi connectivity index (χ4n) is 3.56. The number of benzene rings is 1. The second-order valence-electron chi connectivity index (χ2n) is 6.07. The minimum atomic E-state index is 0.142. The van der Waals surface area contributed by atoms with Gasteiger partial charge in [-0.2, -0.15) is 0 Å². The molecule has 4 heteroatoms. The first-order valence-corrected chi connectivity index (χ1v) is 8.13. The SMILES string of the molecule is CCC(C)OCC1(c2ccc(Cl)c(Cl)c2)C2CNC[C@@H]21. The van der Waals surface area contributed by atoms with Gasteiger partial charge in [-0.3, -0.25) is 0 Å². The summed E-state index contributed by atoms with van der Waals surface area (Å²) >= 11 is 12.3. The fraction of sp³-hybridized carbons (Fsp3) is 0.625. The van der Waals surface area contributed by atoms with E-state index in [2.05, 4.69) is 25.2 Å². The Bertz CT molecular complexity index is 495. The quantitative estimate of drug-likeness (QED) is 0.890. The van der Waals surface area contributed by atoms with Gasteiger partial charge >= 0.3 is 0 Å². The van der Waals surface area contributed by atoms with E-state index in [0.717, 1.165) is 26.1 Å². The van der Waals surface area contributed by atoms with Crippen LogP contribution < -0.4 is 5.32 Å². The predicted octanol–water partition coefficient (Wildman–Crippen LogP) is 3.90. The van der Waals surface area contributed by atoms with Gasteiger partial charge in [0.05, 0.1) is 22.8 Å². The lowest BCUT2D eigenvalue weighted by molar-refractivity contribution is 0.0411. The molecule has 20 heavy (non-hydrogen) atoms. The summed E-state index contributed by atoms with van der Waals surface area (Å²) < 4.78 is 6.08. The maximum atomic E-state index is 6.21. The molecule has 1 N–H and O–H groups in total. The van der Waals surface area contributed by atoms with Gasteiger partial charge in [0.25, 0.3) is 0 Å². The molecule has 0 amide bonds. The van der Waals surface area contributed by atoms with Crippen molar-refractivity contribution in [1.29, 1.82) is 0 Å². The van der Waals surface area contributed by atoms with Gasteiger partial charge in [-0.25, -0.2) is 0 Å². The molecule has 3 rings (SSSR count). The lowest BCUT2D eigenvalue weighted by Crippen LogP contribution is -2.31. The highest BCUT2D eigenvalue weighted by Crippen LogP contribution is 2.62. The number of rotatable bonds is 5. The Kier molecular flexibility index (Phi) is 4.02. The normalized spacial score (nSPS) is 33.0.